The van der Waals surface area contributed by atoms with Gasteiger partial charge in [-0.15, -0.1) is 10.2 Å². The van der Waals surface area contributed by atoms with Crippen LogP contribution >= 0.6 is 0 Å². The molecule has 11 nitrogen and oxygen atoms in total. The number of hydrogen-bond donors (Lipinski definition) is 4. The Bertz CT molecular complexity index is 1120. The van der Waals surface area contributed by atoms with Crippen LogP contribution in [0.2, 0.25) is 0 Å². The summed E-state index contributed by atoms with van der Waals surface area (Å²) in [7, 11) is 1.61. The highest BCUT2D eigenvalue weighted by Crippen LogP contribution is 2.33. The van der Waals surface area contributed by atoms with E-state index in [0.29, 0.717) is 24.7 Å². The summed E-state index contributed by atoms with van der Waals surface area (Å²) < 4.78 is 4.98. The molecule has 1 atom stereocenters. The molecular formula is C23H29N9O2. The molecule has 0 saturated heterocycles. The quantitative estimate of drug-likeness (QED) is 0.212. The lowest BCUT2D eigenvalue weighted by Gasteiger charge is -2.34. The minimum atomic E-state index is -0.798. The van der Waals surface area contributed by atoms with Crippen molar-refractivity contribution in [1.29, 1.82) is 5.41 Å². The van der Waals surface area contributed by atoms with E-state index in [1.165, 1.54) is 0 Å². The maximum atomic E-state index is 12.8. The van der Waals surface area contributed by atoms with Crippen molar-refractivity contribution in [2.24, 2.45) is 5.92 Å². The first-order chi connectivity index (χ1) is 16.3. The molecule has 3 rings (SSSR count). The van der Waals surface area contributed by atoms with Gasteiger partial charge in [0.15, 0.2) is 5.69 Å². The maximum absolute atomic E-state index is 12.8. The molecule has 0 bridgehead atoms. The average Bonchev–Trinajstić information content (AvgIpc) is 2.84. The molecule has 0 aromatic carbocycles. The number of anilines is 2. The van der Waals surface area contributed by atoms with Crippen molar-refractivity contribution < 1.29 is 9.53 Å². The van der Waals surface area contributed by atoms with Crippen LogP contribution in [0, 0.1) is 11.3 Å². The average molecular weight is 464 g/mol. The second-order valence-corrected chi connectivity index (χ2v) is 8.17. The number of nitrogens with one attached hydrogen (secondary N) is 3. The van der Waals surface area contributed by atoms with E-state index in [0.717, 1.165) is 11.1 Å². The van der Waals surface area contributed by atoms with Crippen LogP contribution in [0.3, 0.4) is 0 Å². The van der Waals surface area contributed by atoms with E-state index in [9.17, 15) is 4.79 Å². The third-order valence-corrected chi connectivity index (χ3v) is 5.75. The first kappa shape index (κ1) is 24.6. The van der Waals surface area contributed by atoms with Gasteiger partial charge in [0.05, 0.1) is 17.7 Å². The number of hydrogen-bond acceptors (Lipinski definition) is 10. The number of nitrogens with two attached hydrogens (primary N) is 1. The summed E-state index contributed by atoms with van der Waals surface area (Å²) in [6.07, 6.45) is 4.91. The Kier molecular flexibility index (Phi) is 7.79. The number of aromatic nitrogens is 5. The van der Waals surface area contributed by atoms with Crippen molar-refractivity contribution >= 4 is 23.5 Å². The van der Waals surface area contributed by atoms with E-state index < -0.39 is 11.3 Å². The van der Waals surface area contributed by atoms with Gasteiger partial charge in [-0.25, -0.2) is 9.97 Å². The molecule has 0 aliphatic rings. The van der Waals surface area contributed by atoms with E-state index in [2.05, 4.69) is 35.8 Å². The van der Waals surface area contributed by atoms with Gasteiger partial charge >= 0.3 is 0 Å². The smallest absolute Gasteiger partial charge is 0.277 e. The Hall–Kier alpha value is -3.99. The highest BCUT2D eigenvalue weighted by molar-refractivity contribution is 6.07. The molecular weight excluding hydrogens is 434 g/mol. The van der Waals surface area contributed by atoms with Crippen LogP contribution in [-0.4, -0.2) is 57.2 Å². The number of amides is 1. The lowest BCUT2D eigenvalue weighted by molar-refractivity contribution is 0.0967. The second kappa shape index (κ2) is 10.8. The zero-order valence-electron chi connectivity index (χ0n) is 19.7. The number of pyridine rings is 1. The lowest BCUT2D eigenvalue weighted by atomic mass is 9.72. The monoisotopic (exact) mass is 463 g/mol. The number of rotatable bonds is 9. The van der Waals surface area contributed by atoms with E-state index in [1.54, 1.807) is 37.8 Å². The zero-order valence-corrected chi connectivity index (χ0v) is 19.7. The highest BCUT2D eigenvalue weighted by Gasteiger charge is 2.37. The summed E-state index contributed by atoms with van der Waals surface area (Å²) in [6.45, 7) is 6.98. The van der Waals surface area contributed by atoms with Gasteiger partial charge in [-0.05, 0) is 36.6 Å². The molecule has 11 heteroatoms. The van der Waals surface area contributed by atoms with E-state index in [1.807, 2.05) is 32.9 Å². The maximum Gasteiger partial charge on any atom is 0.277 e. The van der Waals surface area contributed by atoms with E-state index in [-0.39, 0.29) is 23.4 Å². The summed E-state index contributed by atoms with van der Waals surface area (Å²) in [5.41, 5.74) is 7.07. The van der Waals surface area contributed by atoms with E-state index in [4.69, 9.17) is 15.9 Å². The molecule has 5 N–H and O–H groups in total. The van der Waals surface area contributed by atoms with Crippen LogP contribution in [0.5, 0.6) is 0 Å². The number of methoxy groups -OCH3 is 1. The van der Waals surface area contributed by atoms with Gasteiger partial charge in [0, 0.05) is 37.8 Å². The number of carbonyl (C=O) groups is 1. The van der Waals surface area contributed by atoms with Crippen LogP contribution in [0.25, 0.3) is 11.3 Å². The number of amidine groups is 1. The molecule has 3 aromatic rings. The predicted molar refractivity (Wildman–Crippen MR) is 129 cm³/mol. The molecule has 0 aliphatic carbocycles. The number of nitrogens with zero attached hydrogens (tertiary/aromatic N) is 5. The third-order valence-electron chi connectivity index (χ3n) is 5.75. The third kappa shape index (κ3) is 5.49. The van der Waals surface area contributed by atoms with Gasteiger partial charge in [-0.1, -0.05) is 19.9 Å². The summed E-state index contributed by atoms with van der Waals surface area (Å²) >= 11 is 0. The molecule has 0 fully saturated rings. The highest BCUT2D eigenvalue weighted by atomic mass is 16.5. The summed E-state index contributed by atoms with van der Waals surface area (Å²) in [5, 5.41) is 22.4. The largest absolute Gasteiger partial charge is 0.383 e. The van der Waals surface area contributed by atoms with Crippen molar-refractivity contribution in [3.8, 4) is 11.3 Å². The normalized spacial score (nSPS) is 12.7. The Morgan fingerprint density at radius 1 is 1.12 bits per heavy atom. The summed E-state index contributed by atoms with van der Waals surface area (Å²) in [4.78, 5) is 25.3. The Balaban J connectivity index is 1.75. The molecule has 3 heterocycles. The fraction of sp³-hybridized carbons (Fsp3) is 0.348. The molecule has 1 unspecified atom stereocenters. The topological polar surface area (TPSA) is 165 Å². The van der Waals surface area contributed by atoms with Crippen LogP contribution in [-0.2, 0) is 10.2 Å². The van der Waals surface area contributed by atoms with Crippen molar-refractivity contribution in [3.63, 3.8) is 0 Å². The fourth-order valence-electron chi connectivity index (χ4n) is 3.24. The standard InChI is InChI=1S/C23H29N9O2/c1-14(2)23(3,16-5-6-17(27-13-16)15-11-28-22(25)29-12-15)21(24)30-20(33)18-7-8-19(32-31-18)26-9-10-34-4/h5-8,11-14H,9-10H2,1-4H3,(H,26,32)(H2,24,30,33)(H2,25,28,29). The van der Waals surface area contributed by atoms with Crippen molar-refractivity contribution in [3.05, 3.63) is 54.1 Å². The zero-order chi connectivity index (χ0) is 24.7. The predicted octanol–water partition coefficient (Wildman–Crippen LogP) is 2.29. The molecule has 0 radical (unpaired) electrons. The fourth-order valence-corrected chi connectivity index (χ4v) is 3.24. The molecule has 34 heavy (non-hydrogen) atoms. The van der Waals surface area contributed by atoms with Crippen LogP contribution in [0.4, 0.5) is 11.8 Å². The lowest BCUT2D eigenvalue weighted by Crippen LogP contribution is -2.47. The first-order valence-electron chi connectivity index (χ1n) is 10.8. The van der Waals surface area contributed by atoms with Crippen molar-refractivity contribution in [2.75, 3.05) is 31.3 Å². The molecule has 0 spiro atoms. The first-order valence-corrected chi connectivity index (χ1v) is 10.8. The molecule has 3 aromatic heterocycles. The van der Waals surface area contributed by atoms with Crippen LogP contribution < -0.4 is 16.4 Å². The van der Waals surface area contributed by atoms with Gasteiger partial charge in [0.2, 0.25) is 5.95 Å². The Morgan fingerprint density at radius 3 is 2.41 bits per heavy atom. The van der Waals surface area contributed by atoms with Gasteiger partial charge < -0.3 is 21.1 Å². The van der Waals surface area contributed by atoms with Gasteiger partial charge in [0.25, 0.3) is 5.91 Å². The number of nitrogen functional groups attached to an aromatic ring is 1. The second-order valence-electron chi connectivity index (χ2n) is 8.17. The molecule has 0 aliphatic heterocycles. The Labute approximate surface area is 198 Å². The molecule has 1 amide bonds. The number of carbonyl (C=O) groups excluding carboxylic acids is 1. The minimum absolute atomic E-state index is 0.00810. The van der Waals surface area contributed by atoms with Crippen molar-refractivity contribution in [2.45, 2.75) is 26.2 Å². The van der Waals surface area contributed by atoms with E-state index >= 15 is 0 Å². The molecule has 178 valence electrons. The SMILES string of the molecule is COCCNc1ccc(C(=O)NC(=N)C(C)(c2ccc(-c3cnc(N)nc3)nc2)C(C)C)nn1. The van der Waals surface area contributed by atoms with Gasteiger partial charge in [-0.3, -0.25) is 15.2 Å². The summed E-state index contributed by atoms with van der Waals surface area (Å²) in [6, 6.07) is 6.94. The van der Waals surface area contributed by atoms with Gasteiger partial charge in [-0.2, -0.15) is 0 Å². The van der Waals surface area contributed by atoms with Gasteiger partial charge in [0.1, 0.15) is 11.7 Å². The minimum Gasteiger partial charge on any atom is -0.383 e. The Morgan fingerprint density at radius 2 is 1.85 bits per heavy atom. The van der Waals surface area contributed by atoms with Crippen LogP contribution in [0.1, 0.15) is 36.8 Å². The number of ether oxygens (including phenoxy) is 1. The molecule has 0 saturated carbocycles. The summed E-state index contributed by atoms with van der Waals surface area (Å²) in [5.74, 6) is 0.261. The van der Waals surface area contributed by atoms with Crippen molar-refractivity contribution in [1.82, 2.24) is 30.5 Å². The van der Waals surface area contributed by atoms with Crippen LogP contribution in [0.15, 0.2) is 42.9 Å².